The molecule has 2 rings (SSSR count). The van der Waals surface area contributed by atoms with E-state index in [9.17, 15) is 10.1 Å². The van der Waals surface area contributed by atoms with Crippen molar-refractivity contribution in [3.63, 3.8) is 0 Å². The summed E-state index contributed by atoms with van der Waals surface area (Å²) in [6.45, 7) is 0.312. The molecule has 1 aromatic carbocycles. The Balaban J connectivity index is 0. The van der Waals surface area contributed by atoms with Crippen molar-refractivity contribution in [2.45, 2.75) is 6.61 Å². The average molecular weight is 426 g/mol. The molecule has 0 radical (unpaired) electrons. The minimum atomic E-state index is -0.457. The second-order valence-corrected chi connectivity index (χ2v) is 4.24. The SMILES string of the molecule is O=[N+]([O-])c1ccc(NC(=S)OCc2cccnc2)cc1.[Cl-].[Cl-].[Zn+2]. The monoisotopic (exact) mass is 423 g/mol. The number of hydrogen-bond acceptors (Lipinski definition) is 5. The Bertz CT molecular complexity index is 618. The first-order valence-corrected chi connectivity index (χ1v) is 6.13. The van der Waals surface area contributed by atoms with Crippen LogP contribution in [0.25, 0.3) is 0 Å². The van der Waals surface area contributed by atoms with Crippen LogP contribution < -0.4 is 30.1 Å². The molecule has 0 saturated carbocycles. The van der Waals surface area contributed by atoms with Gasteiger partial charge in [0, 0.05) is 35.8 Å². The van der Waals surface area contributed by atoms with Crippen LogP contribution >= 0.6 is 12.2 Å². The number of rotatable bonds is 4. The second-order valence-electron chi connectivity index (χ2n) is 3.87. The van der Waals surface area contributed by atoms with Gasteiger partial charge in [-0.05, 0) is 30.4 Å². The number of nitrogens with zero attached hydrogens (tertiary/aromatic N) is 2. The molecule has 0 fully saturated rings. The summed E-state index contributed by atoms with van der Waals surface area (Å²) in [5.74, 6) is 0. The number of non-ortho nitro benzene ring substituents is 1. The van der Waals surface area contributed by atoms with E-state index in [0.29, 0.717) is 12.3 Å². The van der Waals surface area contributed by atoms with Gasteiger partial charge in [0.25, 0.3) is 10.9 Å². The Labute approximate surface area is 163 Å². The third-order valence-electron chi connectivity index (χ3n) is 2.42. The summed E-state index contributed by atoms with van der Waals surface area (Å²) in [5, 5.41) is 13.6. The largest absolute Gasteiger partial charge is 2.00 e. The first kappa shape index (κ1) is 23.9. The zero-order chi connectivity index (χ0) is 14.4. The third-order valence-corrected chi connectivity index (χ3v) is 2.64. The molecule has 10 heteroatoms. The molecule has 0 atom stereocenters. The molecule has 1 N–H and O–H groups in total. The van der Waals surface area contributed by atoms with E-state index in [4.69, 9.17) is 17.0 Å². The summed E-state index contributed by atoms with van der Waals surface area (Å²) in [6, 6.07) is 9.61. The summed E-state index contributed by atoms with van der Waals surface area (Å²) in [6.07, 6.45) is 3.37. The van der Waals surface area contributed by atoms with Crippen LogP contribution in [0.2, 0.25) is 0 Å². The number of anilines is 1. The molecular formula is C13H11Cl2N3O3SZn. The molecule has 118 valence electrons. The quantitative estimate of drug-likeness (QED) is 0.242. The zero-order valence-electron chi connectivity index (χ0n) is 11.8. The number of hydrogen-bond donors (Lipinski definition) is 1. The molecule has 0 spiro atoms. The molecule has 0 aliphatic rings. The molecule has 0 bridgehead atoms. The number of aromatic nitrogens is 1. The Morgan fingerprint density at radius 2 is 1.91 bits per heavy atom. The van der Waals surface area contributed by atoms with Crippen molar-refractivity contribution in [2.75, 3.05) is 5.32 Å². The molecule has 0 aliphatic carbocycles. The van der Waals surface area contributed by atoms with Crippen LogP contribution in [0.5, 0.6) is 0 Å². The molecule has 0 saturated heterocycles. The first-order valence-electron chi connectivity index (χ1n) is 5.72. The molecule has 1 heterocycles. The summed E-state index contributed by atoms with van der Waals surface area (Å²) < 4.78 is 5.36. The Morgan fingerprint density at radius 3 is 2.43 bits per heavy atom. The van der Waals surface area contributed by atoms with E-state index >= 15 is 0 Å². The maximum atomic E-state index is 10.5. The fraction of sp³-hybridized carbons (Fsp3) is 0.0769. The van der Waals surface area contributed by atoms with Gasteiger partial charge in [0.05, 0.1) is 4.92 Å². The predicted octanol–water partition coefficient (Wildman–Crippen LogP) is -3.09. The van der Waals surface area contributed by atoms with Gasteiger partial charge in [-0.3, -0.25) is 15.1 Å². The van der Waals surface area contributed by atoms with Crippen molar-refractivity contribution in [1.29, 1.82) is 0 Å². The number of thiocarbonyl (C=S) groups is 1. The molecule has 1 aromatic heterocycles. The summed E-state index contributed by atoms with van der Waals surface area (Å²) in [5.41, 5.74) is 1.56. The van der Waals surface area contributed by atoms with Gasteiger partial charge < -0.3 is 34.9 Å². The van der Waals surface area contributed by atoms with Gasteiger partial charge >= 0.3 is 19.5 Å². The van der Waals surface area contributed by atoms with E-state index < -0.39 is 4.92 Å². The second kappa shape index (κ2) is 12.1. The van der Waals surface area contributed by atoms with E-state index in [-0.39, 0.29) is 55.2 Å². The Kier molecular flexibility index (Phi) is 12.6. The predicted molar refractivity (Wildman–Crippen MR) is 78.3 cm³/mol. The molecule has 2 aromatic rings. The van der Waals surface area contributed by atoms with E-state index in [1.54, 1.807) is 24.5 Å². The van der Waals surface area contributed by atoms with Crippen LogP contribution in [0.1, 0.15) is 5.56 Å². The van der Waals surface area contributed by atoms with Gasteiger partial charge in [0.1, 0.15) is 6.61 Å². The van der Waals surface area contributed by atoms with E-state index in [1.165, 1.54) is 12.1 Å². The Hall–Kier alpha value is -1.34. The van der Waals surface area contributed by atoms with E-state index in [1.807, 2.05) is 12.1 Å². The molecule has 0 amide bonds. The van der Waals surface area contributed by atoms with E-state index in [0.717, 1.165) is 5.56 Å². The van der Waals surface area contributed by atoms with Crippen LogP contribution in [0, 0.1) is 10.1 Å². The van der Waals surface area contributed by atoms with Gasteiger partial charge in [-0.15, -0.1) is 0 Å². The number of benzene rings is 1. The number of nitro groups is 1. The van der Waals surface area contributed by atoms with E-state index in [2.05, 4.69) is 10.3 Å². The van der Waals surface area contributed by atoms with Gasteiger partial charge in [-0.25, -0.2) is 0 Å². The average Bonchev–Trinajstić information content (AvgIpc) is 2.47. The normalized spacial score (nSPS) is 8.52. The topological polar surface area (TPSA) is 77.3 Å². The summed E-state index contributed by atoms with van der Waals surface area (Å²) >= 11 is 5.03. The number of ether oxygens (including phenoxy) is 1. The number of halogens is 2. The Morgan fingerprint density at radius 1 is 1.26 bits per heavy atom. The fourth-order valence-electron chi connectivity index (χ4n) is 1.45. The molecule has 23 heavy (non-hydrogen) atoms. The van der Waals surface area contributed by atoms with Crippen LogP contribution in [-0.2, 0) is 30.8 Å². The molecule has 6 nitrogen and oxygen atoms in total. The maximum absolute atomic E-state index is 10.5. The fourth-order valence-corrected chi connectivity index (χ4v) is 1.63. The summed E-state index contributed by atoms with van der Waals surface area (Å²) in [4.78, 5) is 14.0. The van der Waals surface area contributed by atoms with Crippen LogP contribution in [0.4, 0.5) is 11.4 Å². The maximum Gasteiger partial charge on any atom is 2.00 e. The minimum Gasteiger partial charge on any atom is -1.00 e. The van der Waals surface area contributed by atoms with Crippen molar-refractivity contribution < 1.29 is 54.0 Å². The number of pyridine rings is 1. The van der Waals surface area contributed by atoms with Gasteiger partial charge in [0.2, 0.25) is 0 Å². The third kappa shape index (κ3) is 8.18. The molecule has 0 unspecified atom stereocenters. The molecule has 0 aliphatic heterocycles. The summed E-state index contributed by atoms with van der Waals surface area (Å²) in [7, 11) is 0. The number of nitro benzene ring substituents is 1. The molecular weight excluding hydrogens is 415 g/mol. The van der Waals surface area contributed by atoms with Crippen LogP contribution in [0.3, 0.4) is 0 Å². The smallest absolute Gasteiger partial charge is 1.00 e. The van der Waals surface area contributed by atoms with Gasteiger partial charge in [-0.1, -0.05) is 6.07 Å². The van der Waals surface area contributed by atoms with Crippen molar-refractivity contribution in [3.8, 4) is 0 Å². The van der Waals surface area contributed by atoms with Gasteiger partial charge in [0.15, 0.2) is 0 Å². The van der Waals surface area contributed by atoms with Crippen LogP contribution in [0.15, 0.2) is 48.8 Å². The van der Waals surface area contributed by atoms with Gasteiger partial charge in [-0.2, -0.15) is 0 Å². The van der Waals surface area contributed by atoms with Crippen molar-refractivity contribution in [3.05, 3.63) is 64.5 Å². The minimum absolute atomic E-state index is 0. The van der Waals surface area contributed by atoms with Crippen molar-refractivity contribution >= 4 is 28.8 Å². The van der Waals surface area contributed by atoms with Crippen molar-refractivity contribution in [1.82, 2.24) is 4.98 Å². The zero-order valence-corrected chi connectivity index (χ0v) is 17.1. The van der Waals surface area contributed by atoms with Crippen molar-refractivity contribution in [2.24, 2.45) is 0 Å². The standard InChI is InChI=1S/C13H11N3O3S.2ClH.Zn/c17-16(18)12-5-3-11(4-6-12)15-13(20)19-9-10-2-1-7-14-8-10;;;/h1-8H,9H2,(H,15,20);2*1H;/q;;;+2/p-2. The van der Waals surface area contributed by atoms with Crippen LogP contribution in [-0.4, -0.2) is 15.1 Å². The number of nitrogens with one attached hydrogen (secondary N) is 1. The first-order chi connectivity index (χ1) is 9.65.